The normalized spacial score (nSPS) is 10.5. The molecule has 5 aromatic rings. The van der Waals surface area contributed by atoms with E-state index in [2.05, 4.69) is 36.2 Å². The van der Waals surface area contributed by atoms with Gasteiger partial charge in [0, 0.05) is 12.2 Å². The lowest BCUT2D eigenvalue weighted by Crippen LogP contribution is -2.31. The van der Waals surface area contributed by atoms with Crippen molar-refractivity contribution < 1.29 is 23.4 Å². The minimum absolute atomic E-state index is 0.0131. The molecule has 2 aromatic heterocycles. The third-order valence-corrected chi connectivity index (χ3v) is 6.30. The molecular formula is C30H27N7O6S. The van der Waals surface area contributed by atoms with Crippen molar-refractivity contribution in [3.8, 4) is 23.3 Å². The zero-order valence-corrected chi connectivity index (χ0v) is 24.4. The summed E-state index contributed by atoms with van der Waals surface area (Å²) in [5.41, 5.74) is 1.27. The van der Waals surface area contributed by atoms with Gasteiger partial charge in [-0.05, 0) is 60.6 Å². The summed E-state index contributed by atoms with van der Waals surface area (Å²) < 4.78 is 21.8. The molecule has 2 amide bonds. The number of rotatable bonds is 10. The van der Waals surface area contributed by atoms with Crippen molar-refractivity contribution in [2.45, 2.75) is 6.42 Å². The molecule has 44 heavy (non-hydrogen) atoms. The minimum Gasteiger partial charge on any atom is -0.493 e. The van der Waals surface area contributed by atoms with E-state index in [-0.39, 0.29) is 28.8 Å². The molecule has 0 atom stereocenters. The lowest BCUT2D eigenvalue weighted by Gasteiger charge is -2.13. The van der Waals surface area contributed by atoms with Crippen LogP contribution in [0.25, 0.3) is 11.0 Å². The molecule has 0 aliphatic carbocycles. The van der Waals surface area contributed by atoms with Gasteiger partial charge in [-0.15, -0.1) is 0 Å². The highest BCUT2D eigenvalue weighted by Gasteiger charge is 2.15. The van der Waals surface area contributed by atoms with Crippen LogP contribution in [0.5, 0.6) is 23.3 Å². The first-order chi connectivity index (χ1) is 21.4. The number of nitrogens with one attached hydrogen (secondary N) is 4. The van der Waals surface area contributed by atoms with Crippen LogP contribution < -0.4 is 41.1 Å². The molecule has 0 radical (unpaired) electrons. The Labute approximate surface area is 256 Å². The summed E-state index contributed by atoms with van der Waals surface area (Å²) in [6, 6.07) is 21.7. The molecule has 3 aromatic carbocycles. The predicted octanol–water partition coefficient (Wildman–Crippen LogP) is 4.96. The van der Waals surface area contributed by atoms with E-state index >= 15 is 0 Å². The van der Waals surface area contributed by atoms with Crippen molar-refractivity contribution in [2.75, 3.05) is 36.7 Å². The molecule has 0 spiro atoms. The summed E-state index contributed by atoms with van der Waals surface area (Å²) in [6.45, 7) is 0.478. The van der Waals surface area contributed by atoms with Crippen molar-refractivity contribution in [1.82, 2.24) is 20.3 Å². The van der Waals surface area contributed by atoms with Gasteiger partial charge in [0.25, 0.3) is 0 Å². The average molecular weight is 614 g/mol. The van der Waals surface area contributed by atoms with Crippen LogP contribution in [0.4, 0.5) is 22.4 Å². The van der Waals surface area contributed by atoms with Gasteiger partial charge in [-0.1, -0.05) is 36.4 Å². The van der Waals surface area contributed by atoms with Gasteiger partial charge >= 0.3 is 17.7 Å². The van der Waals surface area contributed by atoms with Crippen molar-refractivity contribution >= 4 is 51.9 Å². The van der Waals surface area contributed by atoms with Crippen molar-refractivity contribution in [3.63, 3.8) is 0 Å². The zero-order chi connectivity index (χ0) is 30.9. The number of hydrogen-bond donors (Lipinski definition) is 4. The predicted molar refractivity (Wildman–Crippen MR) is 169 cm³/mol. The molecule has 0 fully saturated rings. The van der Waals surface area contributed by atoms with Gasteiger partial charge in [0.1, 0.15) is 11.3 Å². The van der Waals surface area contributed by atoms with Crippen molar-refractivity contribution in [3.05, 3.63) is 94.8 Å². The molecule has 0 aliphatic rings. The van der Waals surface area contributed by atoms with Gasteiger partial charge in [-0.2, -0.15) is 15.0 Å². The number of benzene rings is 3. The highest BCUT2D eigenvalue weighted by molar-refractivity contribution is 7.80. The second-order valence-electron chi connectivity index (χ2n) is 9.06. The van der Waals surface area contributed by atoms with Crippen molar-refractivity contribution in [1.29, 1.82) is 0 Å². The number of carbonyl (C=O) groups excluding carboxylic acids is 1. The summed E-state index contributed by atoms with van der Waals surface area (Å²) in [5, 5.41) is 12.0. The SMILES string of the molecule is COc1ccc(CCNC(=S)Nc2nc(NC(=O)Nc3ccccc3)nc(Oc3cc(=O)oc4ccccc34)n2)cc1OC. The Morgan fingerprint density at radius 2 is 1.55 bits per heavy atom. The Morgan fingerprint density at radius 1 is 0.818 bits per heavy atom. The van der Waals surface area contributed by atoms with Crippen LogP contribution in [0.2, 0.25) is 0 Å². The number of carbonyl (C=O) groups is 1. The second-order valence-corrected chi connectivity index (χ2v) is 9.47. The molecule has 4 N–H and O–H groups in total. The van der Waals surface area contributed by atoms with E-state index in [9.17, 15) is 9.59 Å². The van der Waals surface area contributed by atoms with E-state index in [0.29, 0.717) is 41.1 Å². The first kappa shape index (κ1) is 29.7. The molecular weight excluding hydrogens is 586 g/mol. The summed E-state index contributed by atoms with van der Waals surface area (Å²) in [4.78, 5) is 37.6. The van der Waals surface area contributed by atoms with E-state index in [0.717, 1.165) is 5.56 Å². The van der Waals surface area contributed by atoms with Gasteiger partial charge in [0.2, 0.25) is 11.9 Å². The van der Waals surface area contributed by atoms with Gasteiger partial charge in [0.15, 0.2) is 16.6 Å². The van der Waals surface area contributed by atoms with Gasteiger partial charge in [-0.3, -0.25) is 5.32 Å². The molecule has 0 saturated carbocycles. The second kappa shape index (κ2) is 13.9. The topological polar surface area (TPSA) is 162 Å². The number of aromatic nitrogens is 3. The fourth-order valence-electron chi connectivity index (χ4n) is 4.07. The molecule has 13 nitrogen and oxygen atoms in total. The highest BCUT2D eigenvalue weighted by atomic mass is 32.1. The smallest absolute Gasteiger partial charge is 0.339 e. The quantitative estimate of drug-likeness (QED) is 0.124. The van der Waals surface area contributed by atoms with E-state index in [4.69, 9.17) is 30.8 Å². The Hall–Kier alpha value is -5.76. The lowest BCUT2D eigenvalue weighted by atomic mass is 10.1. The van der Waals surface area contributed by atoms with E-state index in [1.54, 1.807) is 62.8 Å². The van der Waals surface area contributed by atoms with Crippen LogP contribution in [0.3, 0.4) is 0 Å². The number of amides is 2. The first-order valence-corrected chi connectivity index (χ1v) is 13.7. The van der Waals surface area contributed by atoms with Crippen LogP contribution in [0, 0.1) is 0 Å². The van der Waals surface area contributed by atoms with Crippen LogP contribution in [0.1, 0.15) is 5.56 Å². The molecule has 224 valence electrons. The number of anilines is 3. The number of nitrogens with zero attached hydrogens (tertiary/aromatic N) is 3. The summed E-state index contributed by atoms with van der Waals surface area (Å²) in [5.74, 6) is 1.28. The number of urea groups is 1. The fourth-order valence-corrected chi connectivity index (χ4v) is 4.26. The number of para-hydroxylation sites is 2. The summed E-state index contributed by atoms with van der Waals surface area (Å²) in [7, 11) is 3.16. The van der Waals surface area contributed by atoms with Crippen LogP contribution in [-0.4, -0.2) is 46.9 Å². The van der Waals surface area contributed by atoms with Crippen molar-refractivity contribution in [2.24, 2.45) is 0 Å². The zero-order valence-electron chi connectivity index (χ0n) is 23.6. The molecule has 14 heteroatoms. The Bertz CT molecular complexity index is 1850. The number of ether oxygens (including phenoxy) is 3. The molecule has 0 bridgehead atoms. The maximum Gasteiger partial charge on any atom is 0.339 e. The van der Waals surface area contributed by atoms with E-state index in [1.807, 2.05) is 24.3 Å². The molecule has 2 heterocycles. The number of methoxy groups -OCH3 is 2. The van der Waals surface area contributed by atoms with Gasteiger partial charge in [0.05, 0.1) is 25.7 Å². The first-order valence-electron chi connectivity index (χ1n) is 13.3. The average Bonchev–Trinajstić information content (AvgIpc) is 3.01. The van der Waals surface area contributed by atoms with E-state index < -0.39 is 11.7 Å². The number of thiocarbonyl (C=S) groups is 1. The lowest BCUT2D eigenvalue weighted by molar-refractivity contribution is 0.262. The maximum absolute atomic E-state index is 12.7. The summed E-state index contributed by atoms with van der Waals surface area (Å²) in [6.07, 6.45) is 0.629. The Kier molecular flexibility index (Phi) is 9.41. The fraction of sp³-hybridized carbons (Fsp3) is 0.133. The molecule has 0 aliphatic heterocycles. The Balaban J connectivity index is 1.33. The number of hydrogen-bond acceptors (Lipinski definition) is 10. The maximum atomic E-state index is 12.7. The van der Waals surface area contributed by atoms with Crippen LogP contribution in [0.15, 0.2) is 88.1 Å². The molecule has 0 unspecified atom stereocenters. The van der Waals surface area contributed by atoms with E-state index in [1.165, 1.54) is 6.07 Å². The van der Waals surface area contributed by atoms with Crippen LogP contribution in [-0.2, 0) is 6.42 Å². The summed E-state index contributed by atoms with van der Waals surface area (Å²) >= 11 is 5.45. The van der Waals surface area contributed by atoms with Gasteiger partial charge < -0.3 is 34.6 Å². The highest BCUT2D eigenvalue weighted by Crippen LogP contribution is 2.28. The largest absolute Gasteiger partial charge is 0.493 e. The third kappa shape index (κ3) is 7.74. The molecule has 0 saturated heterocycles. The third-order valence-electron chi connectivity index (χ3n) is 6.06. The minimum atomic E-state index is -0.619. The monoisotopic (exact) mass is 613 g/mol. The standard InChI is InChI=1S/C30H27N7O6S/c1-40-22-13-12-18(16-24(22)41-2)14-15-31-30(44)37-27-33-26(34-28(39)32-19-8-4-3-5-9-19)35-29(36-27)43-23-17-25(38)42-21-11-7-6-10-20(21)23/h3-13,16-17H,14-15H2,1-2H3,(H4,31,32,33,34,35,36,37,39,44). The molecule has 5 rings (SSSR count). The Morgan fingerprint density at radius 3 is 2.32 bits per heavy atom. The van der Waals surface area contributed by atoms with Gasteiger partial charge in [-0.25, -0.2) is 9.59 Å². The number of fused-ring (bicyclic) bond motifs is 1. The van der Waals surface area contributed by atoms with Crippen LogP contribution >= 0.6 is 12.2 Å².